The van der Waals surface area contributed by atoms with Gasteiger partial charge in [-0.15, -0.1) is 0 Å². The minimum absolute atomic E-state index is 0.110. The summed E-state index contributed by atoms with van der Waals surface area (Å²) < 4.78 is 6.09. The molecule has 0 radical (unpaired) electrons. The van der Waals surface area contributed by atoms with E-state index >= 15 is 0 Å². The van der Waals surface area contributed by atoms with E-state index in [0.29, 0.717) is 13.2 Å². The van der Waals surface area contributed by atoms with Gasteiger partial charge in [-0.1, -0.05) is 36.4 Å². The Balaban J connectivity index is 1.21. The minimum atomic E-state index is -0.797. The SMILES string of the molecule is Cc1cc2c(nc1CCCCO[C@@H]1CCN(C(C(=O)O)c3ccccc3)C1)NCCC2. The van der Waals surface area contributed by atoms with Crippen LogP contribution in [-0.2, 0) is 22.4 Å². The number of ether oxygens (including phenoxy) is 1. The first-order valence-corrected chi connectivity index (χ1v) is 11.5. The molecule has 1 aromatic carbocycles. The van der Waals surface area contributed by atoms with Crippen LogP contribution in [0.25, 0.3) is 0 Å². The zero-order valence-corrected chi connectivity index (χ0v) is 18.3. The highest BCUT2D eigenvalue weighted by Crippen LogP contribution is 2.27. The number of nitrogens with one attached hydrogen (secondary N) is 1. The lowest BCUT2D eigenvalue weighted by atomic mass is 10.0. The highest BCUT2D eigenvalue weighted by molar-refractivity contribution is 5.75. The summed E-state index contributed by atoms with van der Waals surface area (Å²) in [5, 5.41) is 13.2. The number of benzene rings is 1. The van der Waals surface area contributed by atoms with E-state index in [1.165, 1.54) is 23.2 Å². The highest BCUT2D eigenvalue weighted by atomic mass is 16.5. The van der Waals surface area contributed by atoms with Crippen molar-refractivity contribution >= 4 is 11.8 Å². The van der Waals surface area contributed by atoms with Crippen molar-refractivity contribution in [3.8, 4) is 0 Å². The molecule has 2 aromatic rings. The number of nitrogens with zero attached hydrogens (tertiary/aromatic N) is 2. The van der Waals surface area contributed by atoms with Gasteiger partial charge in [-0.3, -0.25) is 9.69 Å². The summed E-state index contributed by atoms with van der Waals surface area (Å²) in [6.07, 6.45) is 6.30. The molecule has 6 nitrogen and oxygen atoms in total. The van der Waals surface area contributed by atoms with Crippen LogP contribution >= 0.6 is 0 Å². The predicted octanol–water partition coefficient (Wildman–Crippen LogP) is 3.99. The van der Waals surface area contributed by atoms with E-state index in [1.807, 2.05) is 35.2 Å². The first-order valence-electron chi connectivity index (χ1n) is 11.5. The monoisotopic (exact) mass is 423 g/mol. The normalized spacial score (nSPS) is 19.6. The molecular formula is C25H33N3O3. The topological polar surface area (TPSA) is 74.7 Å². The first-order chi connectivity index (χ1) is 15.1. The van der Waals surface area contributed by atoms with Gasteiger partial charge in [0.25, 0.3) is 0 Å². The number of pyridine rings is 1. The van der Waals surface area contributed by atoms with Gasteiger partial charge in [-0.25, -0.2) is 4.98 Å². The molecule has 1 unspecified atom stereocenters. The second kappa shape index (κ2) is 10.2. The Kier molecular flexibility index (Phi) is 7.20. The number of aliphatic carboxylic acids is 1. The lowest BCUT2D eigenvalue weighted by Crippen LogP contribution is -2.33. The number of fused-ring (bicyclic) bond motifs is 1. The van der Waals surface area contributed by atoms with Crippen molar-refractivity contribution in [1.82, 2.24) is 9.88 Å². The van der Waals surface area contributed by atoms with Gasteiger partial charge in [0, 0.05) is 31.9 Å². The Morgan fingerprint density at radius 2 is 2.16 bits per heavy atom. The van der Waals surface area contributed by atoms with Crippen molar-refractivity contribution in [2.45, 2.75) is 57.6 Å². The summed E-state index contributed by atoms with van der Waals surface area (Å²) in [5.41, 5.74) is 4.65. The number of aromatic nitrogens is 1. The molecule has 2 atom stereocenters. The van der Waals surface area contributed by atoms with Gasteiger partial charge in [-0.05, 0) is 62.1 Å². The molecule has 0 saturated carbocycles. The van der Waals surface area contributed by atoms with Crippen LogP contribution in [0.2, 0.25) is 0 Å². The molecule has 4 rings (SSSR count). The molecule has 1 aromatic heterocycles. The largest absolute Gasteiger partial charge is 0.480 e. The van der Waals surface area contributed by atoms with E-state index in [9.17, 15) is 9.90 Å². The average molecular weight is 424 g/mol. The van der Waals surface area contributed by atoms with Crippen LogP contribution in [0, 0.1) is 6.92 Å². The van der Waals surface area contributed by atoms with Gasteiger partial charge in [0.15, 0.2) is 0 Å². The van der Waals surface area contributed by atoms with Gasteiger partial charge in [0.05, 0.1) is 6.10 Å². The Hall–Kier alpha value is -2.44. The molecule has 0 amide bonds. The van der Waals surface area contributed by atoms with Crippen LogP contribution < -0.4 is 5.32 Å². The van der Waals surface area contributed by atoms with Crippen molar-refractivity contribution in [2.75, 3.05) is 31.6 Å². The third kappa shape index (κ3) is 5.43. The number of unbranched alkanes of at least 4 members (excludes halogenated alkanes) is 1. The number of carbonyl (C=O) groups is 1. The molecule has 31 heavy (non-hydrogen) atoms. The summed E-state index contributed by atoms with van der Waals surface area (Å²) in [6, 6.07) is 11.2. The fourth-order valence-corrected chi connectivity index (χ4v) is 4.70. The second-order valence-electron chi connectivity index (χ2n) is 8.67. The van der Waals surface area contributed by atoms with Gasteiger partial charge >= 0.3 is 5.97 Å². The fourth-order valence-electron chi connectivity index (χ4n) is 4.70. The maximum absolute atomic E-state index is 11.9. The Bertz CT molecular complexity index is 887. The third-order valence-electron chi connectivity index (χ3n) is 6.36. The van der Waals surface area contributed by atoms with Crippen molar-refractivity contribution in [3.05, 3.63) is 58.8 Å². The van der Waals surface area contributed by atoms with Crippen LogP contribution in [-0.4, -0.2) is 53.3 Å². The second-order valence-corrected chi connectivity index (χ2v) is 8.67. The van der Waals surface area contributed by atoms with E-state index in [4.69, 9.17) is 9.72 Å². The van der Waals surface area contributed by atoms with E-state index < -0.39 is 12.0 Å². The molecule has 2 aliphatic heterocycles. The Morgan fingerprint density at radius 1 is 1.32 bits per heavy atom. The van der Waals surface area contributed by atoms with Gasteiger partial charge in [0.2, 0.25) is 0 Å². The standard InChI is InChI=1S/C25H33N3O3/c1-18-16-20-10-7-13-26-24(20)27-22(18)11-5-6-15-31-21-12-14-28(17-21)23(25(29)30)19-8-3-2-4-9-19/h2-4,8-9,16,21,23H,5-7,10-15,17H2,1H3,(H,26,27)(H,29,30)/t21-,23?/m1/s1. The molecule has 1 saturated heterocycles. The molecule has 3 heterocycles. The molecule has 1 fully saturated rings. The number of aryl methyl sites for hydroxylation is 3. The maximum atomic E-state index is 11.9. The molecule has 166 valence electrons. The van der Waals surface area contributed by atoms with Gasteiger partial charge in [0.1, 0.15) is 11.9 Å². The lowest BCUT2D eigenvalue weighted by molar-refractivity contribution is -0.143. The van der Waals surface area contributed by atoms with Crippen LogP contribution in [0.1, 0.15) is 54.1 Å². The summed E-state index contributed by atoms with van der Waals surface area (Å²) in [4.78, 5) is 18.7. The van der Waals surface area contributed by atoms with E-state index in [0.717, 1.165) is 56.6 Å². The number of anilines is 1. The van der Waals surface area contributed by atoms with E-state index in [2.05, 4.69) is 18.3 Å². The number of hydrogen-bond acceptors (Lipinski definition) is 5. The average Bonchev–Trinajstić information content (AvgIpc) is 3.22. The zero-order chi connectivity index (χ0) is 21.6. The number of hydrogen-bond donors (Lipinski definition) is 2. The molecule has 6 heteroatoms. The van der Waals surface area contributed by atoms with Gasteiger partial charge < -0.3 is 15.2 Å². The van der Waals surface area contributed by atoms with Crippen LogP contribution in [0.3, 0.4) is 0 Å². The van der Waals surface area contributed by atoms with Crippen LogP contribution in [0.5, 0.6) is 0 Å². The third-order valence-corrected chi connectivity index (χ3v) is 6.36. The zero-order valence-electron chi connectivity index (χ0n) is 18.3. The summed E-state index contributed by atoms with van der Waals surface area (Å²) in [5.74, 6) is 0.273. The summed E-state index contributed by atoms with van der Waals surface area (Å²) in [6.45, 7) is 5.31. The van der Waals surface area contributed by atoms with Crippen molar-refractivity contribution < 1.29 is 14.6 Å². The molecule has 0 aliphatic carbocycles. The first kappa shape index (κ1) is 21.8. The Labute approximate surface area is 184 Å². The predicted molar refractivity (Wildman–Crippen MR) is 121 cm³/mol. The van der Waals surface area contributed by atoms with Crippen molar-refractivity contribution in [2.24, 2.45) is 0 Å². The number of likely N-dealkylation sites (tertiary alicyclic amines) is 1. The molecule has 2 N–H and O–H groups in total. The fraction of sp³-hybridized carbons (Fsp3) is 0.520. The van der Waals surface area contributed by atoms with Crippen LogP contribution in [0.15, 0.2) is 36.4 Å². The van der Waals surface area contributed by atoms with Crippen LogP contribution in [0.4, 0.5) is 5.82 Å². The maximum Gasteiger partial charge on any atom is 0.325 e. The highest BCUT2D eigenvalue weighted by Gasteiger charge is 2.33. The van der Waals surface area contributed by atoms with E-state index in [1.54, 1.807) is 0 Å². The van der Waals surface area contributed by atoms with E-state index in [-0.39, 0.29) is 6.10 Å². The lowest BCUT2D eigenvalue weighted by Gasteiger charge is -2.24. The quantitative estimate of drug-likeness (QED) is 0.594. The number of carboxylic acids is 1. The van der Waals surface area contributed by atoms with Crippen molar-refractivity contribution in [1.29, 1.82) is 0 Å². The summed E-state index contributed by atoms with van der Waals surface area (Å²) in [7, 11) is 0. The molecule has 0 bridgehead atoms. The Morgan fingerprint density at radius 3 is 2.97 bits per heavy atom. The number of carboxylic acid groups (broad SMARTS) is 1. The smallest absolute Gasteiger partial charge is 0.325 e. The molecular weight excluding hydrogens is 390 g/mol. The van der Waals surface area contributed by atoms with Gasteiger partial charge in [-0.2, -0.15) is 0 Å². The summed E-state index contributed by atoms with van der Waals surface area (Å²) >= 11 is 0. The minimum Gasteiger partial charge on any atom is -0.480 e. The number of rotatable bonds is 9. The molecule has 2 aliphatic rings. The van der Waals surface area contributed by atoms with Crippen molar-refractivity contribution in [3.63, 3.8) is 0 Å². The molecule has 0 spiro atoms.